The van der Waals surface area contributed by atoms with Gasteiger partial charge in [0, 0.05) is 26.3 Å². The second kappa shape index (κ2) is 11.1. The molecule has 0 atom stereocenters. The van der Waals surface area contributed by atoms with Gasteiger partial charge in [-0.05, 0) is 61.4 Å². The summed E-state index contributed by atoms with van der Waals surface area (Å²) in [4.78, 5) is 2.53. The highest BCUT2D eigenvalue weighted by Gasteiger charge is 2.25. The van der Waals surface area contributed by atoms with Gasteiger partial charge in [-0.25, -0.2) is 4.52 Å². The number of hydrogen-bond acceptors (Lipinski definition) is 6. The molecule has 0 bridgehead atoms. The molecule has 1 N–H and O–H groups in total. The van der Waals surface area contributed by atoms with Crippen LogP contribution in [-0.4, -0.2) is 55.2 Å². The minimum atomic E-state index is -0.0821. The van der Waals surface area contributed by atoms with Crippen LogP contribution >= 0.6 is 0 Å². The lowest BCUT2D eigenvalue weighted by Crippen LogP contribution is -2.33. The fourth-order valence-electron chi connectivity index (χ4n) is 4.99. The van der Waals surface area contributed by atoms with E-state index in [4.69, 9.17) is 19.3 Å². The Morgan fingerprint density at radius 3 is 2.41 bits per heavy atom. The summed E-state index contributed by atoms with van der Waals surface area (Å²) in [5.74, 6) is 1.94. The van der Waals surface area contributed by atoms with Crippen LogP contribution in [0.15, 0.2) is 30.3 Å². The maximum Gasteiger partial charge on any atom is 0.132 e. The fraction of sp³-hybridized carbons (Fsp3) is 0.519. The lowest BCUT2D eigenvalue weighted by atomic mass is 9.99. The topological polar surface area (TPSA) is 68.5 Å². The maximum atomic E-state index is 9.69. The highest BCUT2D eigenvalue weighted by atomic mass is 16.5. The van der Waals surface area contributed by atoms with Crippen molar-refractivity contribution in [1.82, 2.24) is 9.61 Å². The second-order valence-corrected chi connectivity index (χ2v) is 8.89. The molecule has 1 saturated heterocycles. The number of aliphatic hydroxyl groups is 1. The number of hydrogen-bond donors (Lipinski definition) is 1. The van der Waals surface area contributed by atoms with Gasteiger partial charge in [0.2, 0.25) is 0 Å². The molecular weight excluding hydrogens is 430 g/mol. The Morgan fingerprint density at radius 1 is 1.12 bits per heavy atom. The molecule has 1 aromatic carbocycles. The number of benzene rings is 1. The number of methoxy groups -OCH3 is 2. The van der Waals surface area contributed by atoms with Crippen LogP contribution in [0.5, 0.6) is 11.5 Å². The van der Waals surface area contributed by atoms with Gasteiger partial charge >= 0.3 is 0 Å². The van der Waals surface area contributed by atoms with Crippen molar-refractivity contribution in [3.8, 4) is 22.8 Å². The number of pyridine rings is 1. The molecule has 3 aromatic rings. The number of ether oxygens (including phenoxy) is 3. The molecule has 1 aliphatic rings. The molecule has 0 amide bonds. The number of aromatic nitrogens is 2. The van der Waals surface area contributed by atoms with Crippen LogP contribution in [-0.2, 0) is 17.8 Å². The lowest BCUT2D eigenvalue weighted by molar-refractivity contribution is 0.0682. The number of nitrogens with zero attached hydrogens (tertiary/aromatic N) is 3. The van der Waals surface area contributed by atoms with E-state index in [0.29, 0.717) is 17.4 Å². The van der Waals surface area contributed by atoms with Gasteiger partial charge in [0.05, 0.1) is 49.0 Å². The molecule has 2 aromatic heterocycles. The van der Waals surface area contributed by atoms with E-state index in [1.54, 1.807) is 14.2 Å². The Labute approximate surface area is 202 Å². The van der Waals surface area contributed by atoms with Crippen molar-refractivity contribution in [2.45, 2.75) is 46.1 Å². The van der Waals surface area contributed by atoms with E-state index < -0.39 is 0 Å². The van der Waals surface area contributed by atoms with Crippen molar-refractivity contribution < 1.29 is 19.3 Å². The van der Waals surface area contributed by atoms with E-state index in [1.807, 2.05) is 22.7 Å². The predicted molar refractivity (Wildman–Crippen MR) is 135 cm³/mol. The van der Waals surface area contributed by atoms with Crippen LogP contribution in [0, 0.1) is 5.92 Å². The van der Waals surface area contributed by atoms with Crippen molar-refractivity contribution in [1.29, 1.82) is 0 Å². The quantitative estimate of drug-likeness (QED) is 0.466. The average Bonchev–Trinajstić information content (AvgIpc) is 3.27. The monoisotopic (exact) mass is 467 g/mol. The molecule has 34 heavy (non-hydrogen) atoms. The molecule has 184 valence electrons. The van der Waals surface area contributed by atoms with Gasteiger partial charge in [0.25, 0.3) is 0 Å². The molecule has 0 unspecified atom stereocenters. The first kappa shape index (κ1) is 24.4. The summed E-state index contributed by atoms with van der Waals surface area (Å²) in [6.07, 6.45) is 4.14. The normalized spacial score (nSPS) is 14.5. The van der Waals surface area contributed by atoms with Crippen LogP contribution in [0.25, 0.3) is 16.8 Å². The molecule has 0 aliphatic carbocycles. The third-order valence-electron chi connectivity index (χ3n) is 6.67. The maximum absolute atomic E-state index is 9.69. The number of aliphatic hydroxyl groups excluding tert-OH is 1. The van der Waals surface area contributed by atoms with Crippen molar-refractivity contribution in [2.24, 2.45) is 5.92 Å². The Kier molecular flexibility index (Phi) is 7.95. The molecule has 3 heterocycles. The van der Waals surface area contributed by atoms with Gasteiger partial charge in [-0.15, -0.1) is 0 Å². The third-order valence-corrected chi connectivity index (χ3v) is 6.67. The highest BCUT2D eigenvalue weighted by molar-refractivity contribution is 5.82. The summed E-state index contributed by atoms with van der Waals surface area (Å²) in [7, 11) is 3.28. The standard InChI is InChI=1S/C27H37N3O4/c1-5-12-29(17-19-10-13-34-14-11-19)27-21(6-2)28-30-22(8-7-9-23(27)30)26-24(32-3)15-20(18-31)16-25(26)33-4/h7-9,15-16,19,31H,5-6,10-14,17-18H2,1-4H3. The summed E-state index contributed by atoms with van der Waals surface area (Å²) in [5, 5.41) is 14.8. The van der Waals surface area contributed by atoms with Gasteiger partial charge in [-0.3, -0.25) is 0 Å². The van der Waals surface area contributed by atoms with Crippen molar-refractivity contribution in [3.05, 3.63) is 41.6 Å². The van der Waals surface area contributed by atoms with E-state index >= 15 is 0 Å². The summed E-state index contributed by atoms with van der Waals surface area (Å²) >= 11 is 0. The van der Waals surface area contributed by atoms with Crippen molar-refractivity contribution in [3.63, 3.8) is 0 Å². The SMILES string of the molecule is CCCN(CC1CCOCC1)c1c(CC)nn2c(-c3c(OC)cc(CO)cc3OC)cccc12. The van der Waals surface area contributed by atoms with Crippen LogP contribution in [0.3, 0.4) is 0 Å². The average molecular weight is 468 g/mol. The Hall–Kier alpha value is -2.77. The fourth-order valence-corrected chi connectivity index (χ4v) is 4.99. The Morgan fingerprint density at radius 2 is 1.82 bits per heavy atom. The largest absolute Gasteiger partial charge is 0.496 e. The molecule has 7 heteroatoms. The van der Waals surface area contributed by atoms with Gasteiger partial charge in [-0.2, -0.15) is 5.10 Å². The lowest BCUT2D eigenvalue weighted by Gasteiger charge is -2.31. The van der Waals surface area contributed by atoms with E-state index in [0.717, 1.165) is 80.0 Å². The van der Waals surface area contributed by atoms with Crippen molar-refractivity contribution >= 4 is 11.2 Å². The van der Waals surface area contributed by atoms with E-state index in [2.05, 4.69) is 30.9 Å². The predicted octanol–water partition coefficient (Wildman–Crippen LogP) is 4.72. The molecule has 0 saturated carbocycles. The Bertz CT molecular complexity index is 1080. The molecule has 1 fully saturated rings. The molecular formula is C27H37N3O4. The Balaban J connectivity index is 1.87. The first-order valence-electron chi connectivity index (χ1n) is 12.3. The minimum absolute atomic E-state index is 0.0821. The number of anilines is 1. The number of fused-ring (bicyclic) bond motifs is 1. The van der Waals surface area contributed by atoms with E-state index in [1.165, 1.54) is 5.69 Å². The van der Waals surface area contributed by atoms with Gasteiger partial charge in [0.1, 0.15) is 11.5 Å². The summed E-state index contributed by atoms with van der Waals surface area (Å²) in [5.41, 5.74) is 5.88. The summed E-state index contributed by atoms with van der Waals surface area (Å²) in [6.45, 7) is 8.04. The van der Waals surface area contributed by atoms with Crippen LogP contribution < -0.4 is 14.4 Å². The highest BCUT2D eigenvalue weighted by Crippen LogP contribution is 2.41. The second-order valence-electron chi connectivity index (χ2n) is 8.89. The smallest absolute Gasteiger partial charge is 0.132 e. The number of aryl methyl sites for hydroxylation is 1. The minimum Gasteiger partial charge on any atom is -0.496 e. The number of rotatable bonds is 10. The molecule has 1 aliphatic heterocycles. The van der Waals surface area contributed by atoms with E-state index in [9.17, 15) is 5.11 Å². The first-order chi connectivity index (χ1) is 16.6. The zero-order valence-corrected chi connectivity index (χ0v) is 20.8. The van der Waals surface area contributed by atoms with Crippen LogP contribution in [0.1, 0.15) is 44.4 Å². The van der Waals surface area contributed by atoms with Crippen LogP contribution in [0.2, 0.25) is 0 Å². The van der Waals surface area contributed by atoms with E-state index in [-0.39, 0.29) is 6.61 Å². The molecule has 0 radical (unpaired) electrons. The molecule has 0 spiro atoms. The zero-order valence-electron chi connectivity index (χ0n) is 20.8. The van der Waals surface area contributed by atoms with Gasteiger partial charge in [-0.1, -0.05) is 19.9 Å². The molecule has 4 rings (SSSR count). The molecule has 7 nitrogen and oxygen atoms in total. The first-order valence-corrected chi connectivity index (χ1v) is 12.3. The van der Waals surface area contributed by atoms with Gasteiger partial charge < -0.3 is 24.2 Å². The summed E-state index contributed by atoms with van der Waals surface area (Å²) < 4.78 is 19.1. The summed E-state index contributed by atoms with van der Waals surface area (Å²) in [6, 6.07) is 9.99. The van der Waals surface area contributed by atoms with Crippen molar-refractivity contribution in [2.75, 3.05) is 45.4 Å². The van der Waals surface area contributed by atoms with Gasteiger partial charge in [0.15, 0.2) is 0 Å². The third kappa shape index (κ3) is 4.72. The van der Waals surface area contributed by atoms with Crippen LogP contribution in [0.4, 0.5) is 5.69 Å². The zero-order chi connectivity index (χ0) is 24.1.